The Morgan fingerprint density at radius 2 is 2.24 bits per heavy atom. The fourth-order valence-electron chi connectivity index (χ4n) is 2.35. The first-order valence-corrected chi connectivity index (χ1v) is 5.78. The molecule has 1 saturated carbocycles. The van der Waals surface area contributed by atoms with Gasteiger partial charge < -0.3 is 0 Å². The number of amides is 1. The minimum atomic E-state index is -0.172. The van der Waals surface area contributed by atoms with Crippen LogP contribution in [0.4, 0.5) is 0 Å². The zero-order chi connectivity index (χ0) is 11.7. The monoisotopic (exact) mass is 227 g/mol. The number of allylic oxidation sites excluding steroid dienone is 2. The molecule has 17 heavy (non-hydrogen) atoms. The molecule has 3 rings (SSSR count). The van der Waals surface area contributed by atoms with E-state index < -0.39 is 0 Å². The number of fused-ring (bicyclic) bond motifs is 1. The van der Waals surface area contributed by atoms with Crippen molar-refractivity contribution in [3.05, 3.63) is 42.2 Å². The van der Waals surface area contributed by atoms with Gasteiger partial charge in [0, 0.05) is 29.6 Å². The van der Waals surface area contributed by atoms with Gasteiger partial charge in [0.05, 0.1) is 0 Å². The SMILES string of the molecule is O=C(N/N=C1/C[C@H]2C=CC[C@@H]12)c1ccncc1. The second kappa shape index (κ2) is 4.13. The third-order valence-corrected chi connectivity index (χ3v) is 3.41. The first kappa shape index (κ1) is 10.2. The van der Waals surface area contributed by atoms with E-state index >= 15 is 0 Å². The van der Waals surface area contributed by atoms with Crippen molar-refractivity contribution in [3.8, 4) is 0 Å². The van der Waals surface area contributed by atoms with Gasteiger partial charge in [-0.25, -0.2) is 5.43 Å². The van der Waals surface area contributed by atoms with E-state index in [2.05, 4.69) is 27.7 Å². The minimum absolute atomic E-state index is 0.172. The number of hydrazone groups is 1. The Balaban J connectivity index is 1.62. The molecule has 1 N–H and O–H groups in total. The Hall–Kier alpha value is -1.97. The quantitative estimate of drug-likeness (QED) is 0.618. The van der Waals surface area contributed by atoms with E-state index in [4.69, 9.17) is 0 Å². The van der Waals surface area contributed by atoms with Crippen LogP contribution in [0.2, 0.25) is 0 Å². The third-order valence-electron chi connectivity index (χ3n) is 3.41. The van der Waals surface area contributed by atoms with Crippen LogP contribution in [0.3, 0.4) is 0 Å². The predicted octanol–water partition coefficient (Wildman–Crippen LogP) is 1.76. The highest BCUT2D eigenvalue weighted by molar-refractivity contribution is 5.97. The number of pyridine rings is 1. The van der Waals surface area contributed by atoms with Crippen LogP contribution in [0.1, 0.15) is 23.2 Å². The average molecular weight is 227 g/mol. The summed E-state index contributed by atoms with van der Waals surface area (Å²) < 4.78 is 0. The van der Waals surface area contributed by atoms with Crippen molar-refractivity contribution in [2.24, 2.45) is 16.9 Å². The molecule has 0 spiro atoms. The summed E-state index contributed by atoms with van der Waals surface area (Å²) in [6.07, 6.45) is 9.69. The van der Waals surface area contributed by atoms with Crippen molar-refractivity contribution in [1.82, 2.24) is 10.4 Å². The van der Waals surface area contributed by atoms with E-state index in [1.54, 1.807) is 24.5 Å². The van der Waals surface area contributed by atoms with Crippen LogP contribution in [-0.4, -0.2) is 16.6 Å². The van der Waals surface area contributed by atoms with Crippen LogP contribution >= 0.6 is 0 Å². The maximum atomic E-state index is 11.7. The summed E-state index contributed by atoms with van der Waals surface area (Å²) in [5.41, 5.74) is 4.31. The van der Waals surface area contributed by atoms with Gasteiger partial charge in [-0.05, 0) is 30.9 Å². The summed E-state index contributed by atoms with van der Waals surface area (Å²) in [5, 5.41) is 4.21. The minimum Gasteiger partial charge on any atom is -0.267 e. The normalized spacial score (nSPS) is 27.6. The van der Waals surface area contributed by atoms with Gasteiger partial charge in [0.2, 0.25) is 0 Å². The molecule has 0 unspecified atom stereocenters. The highest BCUT2D eigenvalue weighted by Gasteiger charge is 2.37. The highest BCUT2D eigenvalue weighted by Crippen LogP contribution is 2.39. The molecule has 0 aliphatic heterocycles. The molecule has 0 bridgehead atoms. The van der Waals surface area contributed by atoms with Gasteiger partial charge in [0.1, 0.15) is 0 Å². The maximum absolute atomic E-state index is 11.7. The molecule has 1 fully saturated rings. The van der Waals surface area contributed by atoms with E-state index in [0.29, 0.717) is 17.4 Å². The number of hydrogen-bond donors (Lipinski definition) is 1. The Morgan fingerprint density at radius 1 is 1.41 bits per heavy atom. The van der Waals surface area contributed by atoms with Crippen molar-refractivity contribution >= 4 is 11.6 Å². The van der Waals surface area contributed by atoms with Crippen LogP contribution in [-0.2, 0) is 0 Å². The van der Waals surface area contributed by atoms with Crippen LogP contribution in [0.25, 0.3) is 0 Å². The fourth-order valence-corrected chi connectivity index (χ4v) is 2.35. The van der Waals surface area contributed by atoms with Crippen molar-refractivity contribution in [2.75, 3.05) is 0 Å². The standard InChI is InChI=1S/C13H13N3O/c17-13(9-4-6-14-7-5-9)16-15-12-8-10-2-1-3-11(10)12/h1-2,4-7,10-11H,3,8H2,(H,16,17)/b15-12-/t10-,11-/m1/s1. The summed E-state index contributed by atoms with van der Waals surface area (Å²) in [5.74, 6) is 1.02. The van der Waals surface area contributed by atoms with Crippen LogP contribution in [0.15, 0.2) is 41.8 Å². The lowest BCUT2D eigenvalue weighted by Gasteiger charge is -2.31. The zero-order valence-corrected chi connectivity index (χ0v) is 9.34. The van der Waals surface area contributed by atoms with E-state index in [9.17, 15) is 4.79 Å². The smallest absolute Gasteiger partial charge is 0.267 e. The molecule has 2 aliphatic rings. The summed E-state index contributed by atoms with van der Waals surface area (Å²) in [7, 11) is 0. The Bertz CT molecular complexity index is 493. The zero-order valence-electron chi connectivity index (χ0n) is 9.34. The van der Waals surface area contributed by atoms with E-state index in [1.165, 1.54) is 0 Å². The lowest BCUT2D eigenvalue weighted by Crippen LogP contribution is -2.35. The summed E-state index contributed by atoms with van der Waals surface area (Å²) in [6.45, 7) is 0. The second-order valence-electron chi connectivity index (χ2n) is 4.42. The summed E-state index contributed by atoms with van der Waals surface area (Å²) in [4.78, 5) is 15.6. The third kappa shape index (κ3) is 1.86. The van der Waals surface area contributed by atoms with Gasteiger partial charge in [-0.2, -0.15) is 5.10 Å². The summed E-state index contributed by atoms with van der Waals surface area (Å²) in [6, 6.07) is 3.35. The van der Waals surface area contributed by atoms with Gasteiger partial charge in [-0.1, -0.05) is 12.2 Å². The number of nitrogens with zero attached hydrogens (tertiary/aromatic N) is 2. The van der Waals surface area contributed by atoms with Crippen molar-refractivity contribution < 1.29 is 4.79 Å². The molecule has 0 aromatic carbocycles. The molecule has 1 heterocycles. The van der Waals surface area contributed by atoms with Gasteiger partial charge >= 0.3 is 0 Å². The molecule has 0 saturated heterocycles. The molecule has 2 atom stereocenters. The molecule has 1 amide bonds. The number of carbonyl (C=O) groups is 1. The molecular weight excluding hydrogens is 214 g/mol. The molecule has 1 aromatic heterocycles. The molecule has 86 valence electrons. The average Bonchev–Trinajstić information content (AvgIpc) is 2.72. The number of aromatic nitrogens is 1. The topological polar surface area (TPSA) is 54.4 Å². The number of hydrogen-bond acceptors (Lipinski definition) is 3. The first-order valence-electron chi connectivity index (χ1n) is 5.78. The van der Waals surface area contributed by atoms with E-state index in [1.807, 2.05) is 0 Å². The second-order valence-corrected chi connectivity index (χ2v) is 4.42. The lowest BCUT2D eigenvalue weighted by atomic mass is 9.74. The van der Waals surface area contributed by atoms with Crippen molar-refractivity contribution in [2.45, 2.75) is 12.8 Å². The Kier molecular flexibility index (Phi) is 2.48. The molecule has 4 nitrogen and oxygen atoms in total. The van der Waals surface area contributed by atoms with Gasteiger partial charge in [-0.15, -0.1) is 0 Å². The molecular formula is C13H13N3O. The van der Waals surface area contributed by atoms with Gasteiger partial charge in [0.15, 0.2) is 0 Å². The molecule has 2 aliphatic carbocycles. The van der Waals surface area contributed by atoms with Crippen LogP contribution in [0.5, 0.6) is 0 Å². The van der Waals surface area contributed by atoms with Crippen LogP contribution < -0.4 is 5.43 Å². The largest absolute Gasteiger partial charge is 0.271 e. The van der Waals surface area contributed by atoms with Gasteiger partial charge in [0.25, 0.3) is 5.91 Å². The Labute approximate surface area is 99.4 Å². The maximum Gasteiger partial charge on any atom is 0.271 e. The summed E-state index contributed by atoms with van der Waals surface area (Å²) >= 11 is 0. The van der Waals surface area contributed by atoms with Crippen molar-refractivity contribution in [1.29, 1.82) is 0 Å². The number of carbonyl (C=O) groups excluding carboxylic acids is 1. The van der Waals surface area contributed by atoms with E-state index in [-0.39, 0.29) is 5.91 Å². The van der Waals surface area contributed by atoms with E-state index in [0.717, 1.165) is 18.6 Å². The molecule has 1 aromatic rings. The first-order chi connectivity index (χ1) is 8.34. The highest BCUT2D eigenvalue weighted by atomic mass is 16.2. The molecule has 4 heteroatoms. The Morgan fingerprint density at radius 3 is 3.00 bits per heavy atom. The number of rotatable bonds is 2. The van der Waals surface area contributed by atoms with Crippen molar-refractivity contribution in [3.63, 3.8) is 0 Å². The predicted molar refractivity (Wildman–Crippen MR) is 64.5 cm³/mol. The lowest BCUT2D eigenvalue weighted by molar-refractivity contribution is 0.0954. The number of nitrogens with one attached hydrogen (secondary N) is 1. The fraction of sp³-hybridized carbons (Fsp3) is 0.308. The molecule has 0 radical (unpaired) electrons. The van der Waals surface area contributed by atoms with Crippen LogP contribution in [0, 0.1) is 11.8 Å². The van der Waals surface area contributed by atoms with Gasteiger partial charge in [-0.3, -0.25) is 9.78 Å².